The smallest absolute Gasteiger partial charge is 0.185 e. The number of rotatable bonds is 3. The molecule has 3 aromatic carbocycles. The number of benzene rings is 3. The van der Waals surface area contributed by atoms with Gasteiger partial charge >= 0.3 is 0 Å². The summed E-state index contributed by atoms with van der Waals surface area (Å²) in [6.45, 7) is 0. The van der Waals surface area contributed by atoms with Crippen LogP contribution in [0.4, 0.5) is 58.4 Å². The zero-order valence-electron chi connectivity index (χ0n) is 21.1. The molecule has 6 N–H and O–H groups in total. The van der Waals surface area contributed by atoms with Gasteiger partial charge in [-0.2, -0.15) is 15.8 Å². The van der Waals surface area contributed by atoms with Crippen molar-refractivity contribution in [2.75, 3.05) is 5.73 Å². The highest BCUT2D eigenvalue weighted by Gasteiger charge is 2.45. The summed E-state index contributed by atoms with van der Waals surface area (Å²) in [7, 11) is 0. The monoisotopic (exact) mass is 642 g/mol. The highest BCUT2D eigenvalue weighted by atomic mass is 19.2. The summed E-state index contributed by atoms with van der Waals surface area (Å²) >= 11 is 0. The van der Waals surface area contributed by atoms with Crippen molar-refractivity contribution in [2.45, 2.75) is 0 Å². The quantitative estimate of drug-likeness (QED) is 0.144. The molecule has 1 fully saturated rings. The molecule has 0 bridgehead atoms. The molecule has 18 heteroatoms. The third-order valence-electron chi connectivity index (χ3n) is 6.42. The van der Waals surface area contributed by atoms with Gasteiger partial charge < -0.3 is 17.2 Å². The molecular formula is C27H6F12N6. The van der Waals surface area contributed by atoms with Gasteiger partial charge in [0.1, 0.15) is 35.0 Å². The van der Waals surface area contributed by atoms with Gasteiger partial charge in [-0.3, -0.25) is 0 Å². The molecule has 0 heterocycles. The highest BCUT2D eigenvalue weighted by molar-refractivity contribution is 6.08. The Kier molecular flexibility index (Phi) is 7.69. The van der Waals surface area contributed by atoms with Crippen molar-refractivity contribution in [1.82, 2.24) is 0 Å². The largest absolute Gasteiger partial charge is 0.398 e. The van der Waals surface area contributed by atoms with Crippen molar-refractivity contribution < 1.29 is 52.7 Å². The van der Waals surface area contributed by atoms with E-state index in [-0.39, 0.29) is 0 Å². The van der Waals surface area contributed by atoms with Crippen LogP contribution in [0.3, 0.4) is 0 Å². The molecule has 1 aliphatic carbocycles. The van der Waals surface area contributed by atoms with E-state index >= 15 is 0 Å². The SMILES string of the molecule is N#CC(=C1C(=C(N)c2c(F)c(F)c(N)c(F)c2F)C1=C(N)c1c(F)c(F)c(C#N)c(F)c1F)c1c(F)c(F)c(C#N)c(F)c1F. The maximum Gasteiger partial charge on any atom is 0.185 e. The molecule has 228 valence electrons. The molecule has 1 aliphatic rings. The zero-order valence-corrected chi connectivity index (χ0v) is 21.1. The Morgan fingerprint density at radius 2 is 0.711 bits per heavy atom. The Hall–Kier alpha value is -6.09. The minimum absolute atomic E-state index is 0.802. The van der Waals surface area contributed by atoms with Crippen molar-refractivity contribution in [3.8, 4) is 18.2 Å². The van der Waals surface area contributed by atoms with E-state index in [1.54, 1.807) is 0 Å². The Morgan fingerprint density at radius 3 is 1.00 bits per heavy atom. The maximum atomic E-state index is 14.9. The van der Waals surface area contributed by atoms with Gasteiger partial charge in [0.15, 0.2) is 69.8 Å². The number of allylic oxidation sites excluding steroid dienone is 4. The number of hydrogen-bond acceptors (Lipinski definition) is 6. The Balaban J connectivity index is 2.28. The minimum atomic E-state index is -2.44. The predicted octanol–water partition coefficient (Wildman–Crippen LogP) is 5.71. The number of nitrogens with zero attached hydrogens (tertiary/aromatic N) is 3. The molecular weight excluding hydrogens is 636 g/mol. The molecule has 1 saturated carbocycles. The molecule has 0 spiro atoms. The highest BCUT2D eigenvalue weighted by Crippen LogP contribution is 2.55. The van der Waals surface area contributed by atoms with Crippen molar-refractivity contribution in [2.24, 2.45) is 11.5 Å². The summed E-state index contributed by atoms with van der Waals surface area (Å²) in [6.07, 6.45) is 0. The van der Waals surface area contributed by atoms with E-state index in [1.165, 1.54) is 0 Å². The summed E-state index contributed by atoms with van der Waals surface area (Å²) in [4.78, 5) is 0. The molecule has 6 nitrogen and oxygen atoms in total. The van der Waals surface area contributed by atoms with Crippen molar-refractivity contribution >= 4 is 22.7 Å². The minimum Gasteiger partial charge on any atom is -0.398 e. The second-order valence-corrected chi connectivity index (χ2v) is 8.72. The third kappa shape index (κ3) is 4.36. The topological polar surface area (TPSA) is 149 Å². The molecule has 0 atom stereocenters. The summed E-state index contributed by atoms with van der Waals surface area (Å²) in [6, 6.07) is 2.64. The van der Waals surface area contributed by atoms with Crippen molar-refractivity contribution in [3.63, 3.8) is 0 Å². The van der Waals surface area contributed by atoms with Gasteiger partial charge in [-0.25, -0.2) is 52.7 Å². The number of halogens is 12. The molecule has 0 unspecified atom stereocenters. The lowest BCUT2D eigenvalue weighted by molar-refractivity contribution is 0.446. The zero-order chi connectivity index (χ0) is 34.0. The Labute approximate surface area is 241 Å². The lowest BCUT2D eigenvalue weighted by Gasteiger charge is -2.10. The van der Waals surface area contributed by atoms with Gasteiger partial charge in [-0.1, -0.05) is 0 Å². The van der Waals surface area contributed by atoms with Crippen LogP contribution in [0.15, 0.2) is 16.7 Å². The van der Waals surface area contributed by atoms with E-state index < -0.39 is 137 Å². The van der Waals surface area contributed by atoms with Gasteiger partial charge in [-0.05, 0) is 0 Å². The van der Waals surface area contributed by atoms with Crippen LogP contribution in [0.2, 0.25) is 0 Å². The van der Waals surface area contributed by atoms with E-state index in [0.717, 1.165) is 18.2 Å². The summed E-state index contributed by atoms with van der Waals surface area (Å²) < 4.78 is 175. The van der Waals surface area contributed by atoms with Crippen molar-refractivity contribution in [3.05, 3.63) is 114 Å². The van der Waals surface area contributed by atoms with Gasteiger partial charge in [0.25, 0.3) is 0 Å². The van der Waals surface area contributed by atoms with Crippen LogP contribution in [-0.2, 0) is 0 Å². The van der Waals surface area contributed by atoms with Crippen LogP contribution < -0.4 is 17.2 Å². The van der Waals surface area contributed by atoms with Gasteiger partial charge in [0.05, 0.1) is 33.7 Å². The Morgan fingerprint density at radius 1 is 0.422 bits per heavy atom. The van der Waals surface area contributed by atoms with E-state index in [9.17, 15) is 57.9 Å². The fraction of sp³-hybridized carbons (Fsp3) is 0. The number of anilines is 1. The summed E-state index contributed by atoms with van der Waals surface area (Å²) in [5.41, 5.74) is -3.24. The first-order valence-electron chi connectivity index (χ1n) is 11.3. The fourth-order valence-corrected chi connectivity index (χ4v) is 4.26. The molecule has 0 aliphatic heterocycles. The van der Waals surface area contributed by atoms with E-state index in [1.807, 2.05) is 0 Å². The lowest BCUT2D eigenvalue weighted by atomic mass is 10.00. The first-order valence-corrected chi connectivity index (χ1v) is 11.3. The molecule has 45 heavy (non-hydrogen) atoms. The predicted molar refractivity (Wildman–Crippen MR) is 127 cm³/mol. The molecule has 0 radical (unpaired) electrons. The Bertz CT molecular complexity index is 2060. The number of nitrogen functional groups attached to an aromatic ring is 1. The normalized spacial score (nSPS) is 15.7. The van der Waals surface area contributed by atoms with Crippen LogP contribution in [0.5, 0.6) is 0 Å². The number of nitriles is 3. The standard InChI is InChI=1S/C27H6F12N6/c28-13-5(2-41)14(29)18(33)8(17(13)32)4(1-40)7-9(25(43)11-19(34)15(30)6(3-42)16(31)20(11)35)10(7)26(44)12-21(36)23(38)27(45)24(39)22(12)37/h43-45H2. The molecule has 4 rings (SSSR count). The first kappa shape index (κ1) is 31.8. The van der Waals surface area contributed by atoms with E-state index in [2.05, 4.69) is 0 Å². The summed E-state index contributed by atoms with van der Waals surface area (Å²) in [5, 5.41) is 27.3. The molecule has 0 aromatic heterocycles. The molecule has 0 saturated heterocycles. The van der Waals surface area contributed by atoms with Crippen LogP contribution in [-0.4, -0.2) is 0 Å². The lowest BCUT2D eigenvalue weighted by Crippen LogP contribution is -2.11. The van der Waals surface area contributed by atoms with Crippen LogP contribution in [0.25, 0.3) is 17.0 Å². The maximum absolute atomic E-state index is 14.9. The van der Waals surface area contributed by atoms with Gasteiger partial charge in [-0.15, -0.1) is 0 Å². The van der Waals surface area contributed by atoms with Crippen LogP contribution in [0, 0.1) is 104 Å². The number of hydrogen-bond donors (Lipinski definition) is 3. The van der Waals surface area contributed by atoms with Crippen LogP contribution in [0.1, 0.15) is 27.8 Å². The van der Waals surface area contributed by atoms with Gasteiger partial charge in [0, 0.05) is 16.7 Å². The third-order valence-corrected chi connectivity index (χ3v) is 6.42. The molecule has 0 amide bonds. The van der Waals surface area contributed by atoms with E-state index in [4.69, 9.17) is 27.7 Å². The first-order chi connectivity index (χ1) is 21.0. The van der Waals surface area contributed by atoms with E-state index in [0.29, 0.717) is 0 Å². The second kappa shape index (κ2) is 10.9. The van der Waals surface area contributed by atoms with Gasteiger partial charge in [0.2, 0.25) is 0 Å². The number of nitrogens with two attached hydrogens (primary N) is 3. The van der Waals surface area contributed by atoms with Crippen LogP contribution >= 0.6 is 0 Å². The average molecular weight is 642 g/mol. The average Bonchev–Trinajstić information content (AvgIpc) is 3.75. The summed E-state index contributed by atoms with van der Waals surface area (Å²) in [5.74, 6) is -28.3. The molecule has 3 aromatic rings. The fourth-order valence-electron chi connectivity index (χ4n) is 4.26. The second-order valence-electron chi connectivity index (χ2n) is 8.72. The van der Waals surface area contributed by atoms with Crippen molar-refractivity contribution in [1.29, 1.82) is 15.8 Å².